The summed E-state index contributed by atoms with van der Waals surface area (Å²) >= 11 is 0. The number of fused-ring (bicyclic) bond motifs is 3. The Morgan fingerprint density at radius 3 is 2.41 bits per heavy atom. The largest absolute Gasteiger partial charge is 0.341 e. The number of hydrogen-bond acceptors (Lipinski definition) is 3. The maximum absolute atomic E-state index is 10.0. The van der Waals surface area contributed by atoms with Crippen LogP contribution in [0.3, 0.4) is 0 Å². The normalized spacial score (nSPS) is 11.2. The smallest absolute Gasteiger partial charge is 0.157 e. The van der Waals surface area contributed by atoms with Crippen LogP contribution in [0.1, 0.15) is 67.7 Å². The zero-order chi connectivity index (χ0) is 22.5. The third-order valence-corrected chi connectivity index (χ3v) is 6.33. The van der Waals surface area contributed by atoms with Crippen LogP contribution < -0.4 is 5.32 Å². The van der Waals surface area contributed by atoms with E-state index in [0.29, 0.717) is 5.56 Å². The number of rotatable bonds is 9. The van der Waals surface area contributed by atoms with E-state index < -0.39 is 0 Å². The van der Waals surface area contributed by atoms with Gasteiger partial charge in [0.1, 0.15) is 11.9 Å². The lowest BCUT2D eigenvalue weighted by atomic mass is 9.98. The van der Waals surface area contributed by atoms with Gasteiger partial charge in [-0.1, -0.05) is 68.9 Å². The van der Waals surface area contributed by atoms with E-state index in [1.54, 1.807) is 0 Å². The molecule has 0 unspecified atom stereocenters. The predicted octanol–water partition coefficient (Wildman–Crippen LogP) is 7.62. The number of anilines is 2. The van der Waals surface area contributed by atoms with Crippen molar-refractivity contribution in [2.75, 3.05) is 5.32 Å². The fourth-order valence-corrected chi connectivity index (χ4v) is 4.48. The third-order valence-electron chi connectivity index (χ3n) is 6.33. The number of para-hydroxylation sites is 2. The summed E-state index contributed by atoms with van der Waals surface area (Å²) in [6.07, 6.45) is 8.44. The van der Waals surface area contributed by atoms with Crippen LogP contribution in [0.4, 0.5) is 11.5 Å². The lowest BCUT2D eigenvalue weighted by Crippen LogP contribution is -2.08. The molecule has 0 spiro atoms. The standard InChI is InChI=1S/C28H32N4/c1-4-5-6-7-8-9-12-23-21(3)24(19-29)28-31-25-13-10-11-14-26(25)32(28)27(23)30-22-17-15-20(2)16-18-22/h10-11,13-18,30H,4-9,12H2,1-3H3. The number of hydrogen-bond donors (Lipinski definition) is 1. The minimum absolute atomic E-state index is 0.677. The lowest BCUT2D eigenvalue weighted by molar-refractivity contribution is 0.607. The highest BCUT2D eigenvalue weighted by Crippen LogP contribution is 2.33. The minimum atomic E-state index is 0.677. The van der Waals surface area contributed by atoms with Crippen molar-refractivity contribution >= 4 is 28.2 Å². The first-order valence-corrected chi connectivity index (χ1v) is 11.8. The van der Waals surface area contributed by atoms with Crippen LogP contribution in [0.25, 0.3) is 16.7 Å². The summed E-state index contributed by atoms with van der Waals surface area (Å²) in [6.45, 7) is 6.42. The number of aryl methyl sites for hydroxylation is 1. The molecule has 2 aromatic carbocycles. The van der Waals surface area contributed by atoms with Crippen LogP contribution in [-0.2, 0) is 6.42 Å². The van der Waals surface area contributed by atoms with E-state index in [9.17, 15) is 5.26 Å². The molecular weight excluding hydrogens is 392 g/mol. The maximum atomic E-state index is 10.0. The second-order valence-electron chi connectivity index (χ2n) is 8.71. The van der Waals surface area contributed by atoms with E-state index in [0.717, 1.165) is 46.6 Å². The second-order valence-corrected chi connectivity index (χ2v) is 8.71. The number of benzene rings is 2. The Morgan fingerprint density at radius 1 is 0.938 bits per heavy atom. The van der Waals surface area contributed by atoms with Crippen molar-refractivity contribution in [2.45, 2.75) is 65.7 Å². The van der Waals surface area contributed by atoms with Gasteiger partial charge in [0.2, 0.25) is 0 Å². The molecule has 0 radical (unpaired) electrons. The van der Waals surface area contributed by atoms with Gasteiger partial charge in [-0.15, -0.1) is 0 Å². The predicted molar refractivity (Wildman–Crippen MR) is 134 cm³/mol. The topological polar surface area (TPSA) is 53.1 Å². The summed E-state index contributed by atoms with van der Waals surface area (Å²) < 4.78 is 2.15. The van der Waals surface area contributed by atoms with Gasteiger partial charge in [-0.05, 0) is 62.1 Å². The number of unbranched alkanes of at least 4 members (excludes halogenated alkanes) is 5. The molecule has 4 heteroatoms. The molecule has 1 N–H and O–H groups in total. The van der Waals surface area contributed by atoms with Crippen LogP contribution >= 0.6 is 0 Å². The maximum Gasteiger partial charge on any atom is 0.157 e. The average Bonchev–Trinajstić information content (AvgIpc) is 3.18. The van der Waals surface area contributed by atoms with Crippen molar-refractivity contribution in [3.05, 3.63) is 70.8 Å². The van der Waals surface area contributed by atoms with Gasteiger partial charge in [0.25, 0.3) is 0 Å². The van der Waals surface area contributed by atoms with Gasteiger partial charge in [0.15, 0.2) is 5.65 Å². The first-order valence-electron chi connectivity index (χ1n) is 11.8. The van der Waals surface area contributed by atoms with Gasteiger partial charge in [-0.3, -0.25) is 4.40 Å². The Bertz CT molecular complexity index is 1260. The van der Waals surface area contributed by atoms with E-state index >= 15 is 0 Å². The fourth-order valence-electron chi connectivity index (χ4n) is 4.48. The van der Waals surface area contributed by atoms with Gasteiger partial charge >= 0.3 is 0 Å². The van der Waals surface area contributed by atoms with E-state index in [2.05, 4.69) is 66.9 Å². The van der Waals surface area contributed by atoms with Crippen molar-refractivity contribution in [3.8, 4) is 6.07 Å². The summed E-state index contributed by atoms with van der Waals surface area (Å²) in [4.78, 5) is 4.83. The summed E-state index contributed by atoms with van der Waals surface area (Å²) in [5.41, 5.74) is 7.88. The highest BCUT2D eigenvalue weighted by Gasteiger charge is 2.20. The van der Waals surface area contributed by atoms with E-state index in [1.807, 2.05) is 18.2 Å². The number of pyridine rings is 1. The van der Waals surface area contributed by atoms with Gasteiger partial charge in [0.05, 0.1) is 16.6 Å². The van der Waals surface area contributed by atoms with Crippen molar-refractivity contribution in [2.24, 2.45) is 0 Å². The molecular formula is C28H32N4. The van der Waals surface area contributed by atoms with Gasteiger partial charge in [-0.2, -0.15) is 5.26 Å². The summed E-state index contributed by atoms with van der Waals surface area (Å²) in [7, 11) is 0. The van der Waals surface area contributed by atoms with Crippen LogP contribution in [-0.4, -0.2) is 9.38 Å². The Kier molecular flexibility index (Phi) is 6.75. The summed E-state index contributed by atoms with van der Waals surface area (Å²) in [5, 5.41) is 13.7. The molecule has 0 bridgehead atoms. The summed E-state index contributed by atoms with van der Waals surface area (Å²) in [6, 6.07) is 19.0. The number of nitrogens with one attached hydrogen (secondary N) is 1. The molecule has 4 nitrogen and oxygen atoms in total. The Labute approximate surface area is 190 Å². The van der Waals surface area contributed by atoms with E-state index in [-0.39, 0.29) is 0 Å². The van der Waals surface area contributed by atoms with Crippen molar-refractivity contribution < 1.29 is 0 Å². The first-order chi connectivity index (χ1) is 15.6. The van der Waals surface area contributed by atoms with Crippen LogP contribution in [0, 0.1) is 25.2 Å². The number of nitrogens with zero attached hydrogens (tertiary/aromatic N) is 3. The highest BCUT2D eigenvalue weighted by molar-refractivity contribution is 5.87. The van der Waals surface area contributed by atoms with Crippen molar-refractivity contribution in [3.63, 3.8) is 0 Å². The molecule has 32 heavy (non-hydrogen) atoms. The molecule has 0 saturated heterocycles. The zero-order valence-corrected chi connectivity index (χ0v) is 19.4. The molecule has 4 rings (SSSR count). The molecule has 0 saturated carbocycles. The molecule has 0 aliphatic heterocycles. The van der Waals surface area contributed by atoms with Crippen molar-refractivity contribution in [1.29, 1.82) is 5.26 Å². The molecule has 2 heterocycles. The monoisotopic (exact) mass is 424 g/mol. The van der Waals surface area contributed by atoms with Crippen LogP contribution in [0.5, 0.6) is 0 Å². The average molecular weight is 425 g/mol. The molecule has 0 aliphatic rings. The fraction of sp³-hybridized carbons (Fsp3) is 0.357. The number of aromatic nitrogens is 2. The third kappa shape index (κ3) is 4.34. The lowest BCUT2D eigenvalue weighted by Gasteiger charge is -2.19. The van der Waals surface area contributed by atoms with Gasteiger partial charge in [0, 0.05) is 5.69 Å². The molecule has 0 aliphatic carbocycles. The Hall–Kier alpha value is -3.32. The van der Waals surface area contributed by atoms with Gasteiger partial charge in [-0.25, -0.2) is 4.98 Å². The zero-order valence-electron chi connectivity index (χ0n) is 19.4. The number of nitriles is 1. The van der Waals surface area contributed by atoms with Crippen molar-refractivity contribution in [1.82, 2.24) is 9.38 Å². The first kappa shape index (κ1) is 21.9. The van der Waals surface area contributed by atoms with Gasteiger partial charge < -0.3 is 5.32 Å². The minimum Gasteiger partial charge on any atom is -0.341 e. The van der Waals surface area contributed by atoms with Crippen LogP contribution in [0.15, 0.2) is 48.5 Å². The van der Waals surface area contributed by atoms with E-state index in [4.69, 9.17) is 4.98 Å². The SMILES string of the molecule is CCCCCCCCc1c(C)c(C#N)c2nc3ccccc3n2c1Nc1ccc(C)cc1. The molecule has 4 aromatic rings. The molecule has 0 amide bonds. The second kappa shape index (κ2) is 9.87. The highest BCUT2D eigenvalue weighted by atomic mass is 15.1. The van der Waals surface area contributed by atoms with Crippen LogP contribution in [0.2, 0.25) is 0 Å². The molecule has 0 atom stereocenters. The summed E-state index contributed by atoms with van der Waals surface area (Å²) in [5.74, 6) is 1.03. The van der Waals surface area contributed by atoms with E-state index in [1.165, 1.54) is 43.2 Å². The Morgan fingerprint density at radius 2 is 1.66 bits per heavy atom. The molecule has 164 valence electrons. The Balaban J connectivity index is 1.83. The quantitative estimate of drug-likeness (QED) is 0.281. The molecule has 2 aromatic heterocycles. The number of imidazole rings is 1. The molecule has 0 fully saturated rings.